The van der Waals surface area contributed by atoms with Crippen molar-refractivity contribution < 1.29 is 18.7 Å². The van der Waals surface area contributed by atoms with Crippen LogP contribution in [0, 0.1) is 11.6 Å². The summed E-state index contributed by atoms with van der Waals surface area (Å²) in [5, 5.41) is 9.90. The van der Waals surface area contributed by atoms with Crippen LogP contribution in [-0.4, -0.2) is 38.5 Å². The number of carbonyl (C=O) groups excluding carboxylic acids is 1. The standard InChI is InChI=1S/C16H17F2N3O2/c1-2-15-19-7-13(20-15)16(23)21-8-10(22)6-14(21)11-5-9(17)3-4-12(11)18/h3-5,7,10,14,22H,2,6,8H2,1H3,(H,19,20). The predicted molar refractivity (Wildman–Crippen MR) is 78.7 cm³/mol. The van der Waals surface area contributed by atoms with Crippen molar-refractivity contribution in [3.05, 3.63) is 53.1 Å². The summed E-state index contributed by atoms with van der Waals surface area (Å²) < 4.78 is 27.5. The highest BCUT2D eigenvalue weighted by molar-refractivity contribution is 5.92. The van der Waals surface area contributed by atoms with Gasteiger partial charge in [0.1, 0.15) is 23.2 Å². The Morgan fingerprint density at radius 3 is 2.96 bits per heavy atom. The second kappa shape index (κ2) is 6.08. The molecular weight excluding hydrogens is 304 g/mol. The Hall–Kier alpha value is -2.28. The van der Waals surface area contributed by atoms with E-state index in [1.165, 1.54) is 11.1 Å². The first-order valence-electron chi connectivity index (χ1n) is 7.47. The van der Waals surface area contributed by atoms with E-state index in [1.807, 2.05) is 6.92 Å². The molecule has 0 radical (unpaired) electrons. The van der Waals surface area contributed by atoms with Crippen LogP contribution in [0.25, 0.3) is 0 Å². The molecule has 0 bridgehead atoms. The minimum absolute atomic E-state index is 0.0694. The van der Waals surface area contributed by atoms with Crippen molar-refractivity contribution in [3.8, 4) is 0 Å². The van der Waals surface area contributed by atoms with Crippen LogP contribution in [0.1, 0.15) is 41.3 Å². The monoisotopic (exact) mass is 321 g/mol. The number of nitrogens with one attached hydrogen (secondary N) is 1. The van der Waals surface area contributed by atoms with E-state index in [9.17, 15) is 18.7 Å². The first-order chi connectivity index (χ1) is 11.0. The second-order valence-corrected chi connectivity index (χ2v) is 5.63. The fourth-order valence-electron chi connectivity index (χ4n) is 2.91. The first kappa shape index (κ1) is 15.6. The molecule has 1 saturated heterocycles. The highest BCUT2D eigenvalue weighted by Crippen LogP contribution is 2.34. The molecule has 1 aromatic heterocycles. The van der Waals surface area contributed by atoms with Crippen molar-refractivity contribution in [1.82, 2.24) is 14.9 Å². The van der Waals surface area contributed by atoms with Gasteiger partial charge in [0.25, 0.3) is 5.91 Å². The minimum Gasteiger partial charge on any atom is -0.391 e. The van der Waals surface area contributed by atoms with E-state index >= 15 is 0 Å². The number of H-pyrrole nitrogens is 1. The highest BCUT2D eigenvalue weighted by Gasteiger charge is 2.37. The number of aryl methyl sites for hydroxylation is 1. The van der Waals surface area contributed by atoms with Gasteiger partial charge in [0, 0.05) is 18.5 Å². The molecule has 0 saturated carbocycles. The van der Waals surface area contributed by atoms with Crippen LogP contribution in [0.3, 0.4) is 0 Å². The normalized spacial score (nSPS) is 21.0. The number of imidazole rings is 1. The van der Waals surface area contributed by atoms with Gasteiger partial charge >= 0.3 is 0 Å². The number of benzene rings is 1. The van der Waals surface area contributed by atoms with Gasteiger partial charge < -0.3 is 15.0 Å². The molecular formula is C16H17F2N3O2. The molecule has 1 fully saturated rings. The summed E-state index contributed by atoms with van der Waals surface area (Å²) in [7, 11) is 0. The predicted octanol–water partition coefficient (Wildman–Crippen LogP) is 2.20. The van der Waals surface area contributed by atoms with E-state index in [-0.39, 0.29) is 30.1 Å². The van der Waals surface area contributed by atoms with E-state index < -0.39 is 23.8 Å². The number of β-amino-alcohol motifs (C(OH)–C–C–N with tert-alkyl or cyclic N) is 1. The molecule has 2 N–H and O–H groups in total. The SMILES string of the molecule is CCc1ncc(C(=O)N2CC(O)CC2c2cc(F)ccc2F)[nH]1. The smallest absolute Gasteiger partial charge is 0.272 e. The molecule has 2 atom stereocenters. The molecule has 0 spiro atoms. The Morgan fingerprint density at radius 2 is 2.26 bits per heavy atom. The Morgan fingerprint density at radius 1 is 1.48 bits per heavy atom. The van der Waals surface area contributed by atoms with Gasteiger partial charge in [-0.1, -0.05) is 6.92 Å². The number of aliphatic hydroxyl groups excluding tert-OH is 1. The van der Waals surface area contributed by atoms with Crippen molar-refractivity contribution in [3.63, 3.8) is 0 Å². The van der Waals surface area contributed by atoms with E-state index in [0.717, 1.165) is 18.2 Å². The number of aliphatic hydroxyl groups is 1. The molecule has 2 heterocycles. The number of rotatable bonds is 3. The zero-order valence-corrected chi connectivity index (χ0v) is 12.6. The van der Waals surface area contributed by atoms with E-state index in [1.54, 1.807) is 0 Å². The summed E-state index contributed by atoms with van der Waals surface area (Å²) in [4.78, 5) is 21.0. The number of hydrogen-bond acceptors (Lipinski definition) is 3. The third-order valence-corrected chi connectivity index (χ3v) is 4.05. The molecule has 0 aliphatic carbocycles. The van der Waals surface area contributed by atoms with Gasteiger partial charge in [0.15, 0.2) is 0 Å². The van der Waals surface area contributed by atoms with Gasteiger partial charge in [-0.3, -0.25) is 4.79 Å². The van der Waals surface area contributed by atoms with Crippen LogP contribution < -0.4 is 0 Å². The molecule has 2 aromatic rings. The Kier molecular flexibility index (Phi) is 4.12. The summed E-state index contributed by atoms with van der Waals surface area (Å²) in [5.41, 5.74) is 0.350. The van der Waals surface area contributed by atoms with Crippen molar-refractivity contribution in [1.29, 1.82) is 0 Å². The topological polar surface area (TPSA) is 69.2 Å². The maximum Gasteiger partial charge on any atom is 0.272 e. The first-order valence-corrected chi connectivity index (χ1v) is 7.47. The molecule has 1 aliphatic rings. The Balaban J connectivity index is 1.93. The second-order valence-electron chi connectivity index (χ2n) is 5.63. The fourth-order valence-corrected chi connectivity index (χ4v) is 2.91. The van der Waals surface area contributed by atoms with Crippen molar-refractivity contribution in [2.24, 2.45) is 0 Å². The molecule has 23 heavy (non-hydrogen) atoms. The van der Waals surface area contributed by atoms with Gasteiger partial charge in [-0.15, -0.1) is 0 Å². The van der Waals surface area contributed by atoms with E-state index in [4.69, 9.17) is 0 Å². The molecule has 1 amide bonds. The summed E-state index contributed by atoms with van der Waals surface area (Å²) in [5.74, 6) is -0.892. The summed E-state index contributed by atoms with van der Waals surface area (Å²) >= 11 is 0. The van der Waals surface area contributed by atoms with Crippen LogP contribution in [0.4, 0.5) is 8.78 Å². The highest BCUT2D eigenvalue weighted by atomic mass is 19.1. The van der Waals surface area contributed by atoms with Crippen LogP contribution in [0.15, 0.2) is 24.4 Å². The van der Waals surface area contributed by atoms with Crippen LogP contribution in [-0.2, 0) is 6.42 Å². The molecule has 1 aliphatic heterocycles. The number of hydrogen-bond donors (Lipinski definition) is 2. The lowest BCUT2D eigenvalue weighted by molar-refractivity contribution is 0.0708. The third-order valence-electron chi connectivity index (χ3n) is 4.05. The zero-order valence-electron chi connectivity index (χ0n) is 12.6. The number of likely N-dealkylation sites (tertiary alicyclic amines) is 1. The van der Waals surface area contributed by atoms with E-state index in [0.29, 0.717) is 12.2 Å². The number of aromatic amines is 1. The summed E-state index contributed by atoms with van der Waals surface area (Å²) in [6, 6.07) is 2.42. The van der Waals surface area contributed by atoms with Gasteiger partial charge in [0.2, 0.25) is 0 Å². The number of halogens is 2. The largest absolute Gasteiger partial charge is 0.391 e. The number of nitrogens with zero attached hydrogens (tertiary/aromatic N) is 2. The van der Waals surface area contributed by atoms with Crippen LogP contribution in [0.2, 0.25) is 0 Å². The lowest BCUT2D eigenvalue weighted by Gasteiger charge is -2.24. The van der Waals surface area contributed by atoms with E-state index in [2.05, 4.69) is 9.97 Å². The quantitative estimate of drug-likeness (QED) is 0.910. The molecule has 1 aromatic carbocycles. The third kappa shape index (κ3) is 2.96. The van der Waals surface area contributed by atoms with Gasteiger partial charge in [-0.25, -0.2) is 13.8 Å². The van der Waals surface area contributed by atoms with Crippen molar-refractivity contribution in [2.75, 3.05) is 6.54 Å². The zero-order chi connectivity index (χ0) is 16.6. The number of amides is 1. The molecule has 2 unspecified atom stereocenters. The average molecular weight is 321 g/mol. The maximum absolute atomic E-state index is 14.0. The number of aromatic nitrogens is 2. The minimum atomic E-state index is -0.778. The van der Waals surface area contributed by atoms with Gasteiger partial charge in [0.05, 0.1) is 18.3 Å². The molecule has 7 heteroatoms. The lowest BCUT2D eigenvalue weighted by Crippen LogP contribution is -2.32. The Labute approximate surface area is 132 Å². The summed E-state index contributed by atoms with van der Waals surface area (Å²) in [6.07, 6.45) is 1.46. The number of carbonyl (C=O) groups is 1. The summed E-state index contributed by atoms with van der Waals surface area (Å²) in [6.45, 7) is 1.97. The van der Waals surface area contributed by atoms with Crippen molar-refractivity contribution in [2.45, 2.75) is 31.9 Å². The Bertz CT molecular complexity index is 732. The van der Waals surface area contributed by atoms with Crippen molar-refractivity contribution >= 4 is 5.91 Å². The molecule has 122 valence electrons. The maximum atomic E-state index is 14.0. The lowest BCUT2D eigenvalue weighted by atomic mass is 10.0. The average Bonchev–Trinajstić information content (AvgIpc) is 3.15. The molecule has 5 nitrogen and oxygen atoms in total. The van der Waals surface area contributed by atoms with Crippen LogP contribution in [0.5, 0.6) is 0 Å². The van der Waals surface area contributed by atoms with Gasteiger partial charge in [-0.05, 0) is 24.6 Å². The molecule has 3 rings (SSSR count). The van der Waals surface area contributed by atoms with Crippen LogP contribution >= 0.6 is 0 Å². The fraction of sp³-hybridized carbons (Fsp3) is 0.375. The van der Waals surface area contributed by atoms with Gasteiger partial charge in [-0.2, -0.15) is 0 Å².